The van der Waals surface area contributed by atoms with Crippen molar-refractivity contribution >= 4 is 29.0 Å². The van der Waals surface area contributed by atoms with Crippen molar-refractivity contribution < 1.29 is 9.90 Å². The van der Waals surface area contributed by atoms with E-state index in [9.17, 15) is 9.90 Å². The van der Waals surface area contributed by atoms with Crippen molar-refractivity contribution in [1.82, 2.24) is 10.2 Å². The summed E-state index contributed by atoms with van der Waals surface area (Å²) in [5.74, 6) is 0.557. The van der Waals surface area contributed by atoms with Crippen molar-refractivity contribution in [2.45, 2.75) is 61.9 Å². The number of aliphatic hydroxyl groups is 1. The van der Waals surface area contributed by atoms with Crippen LogP contribution in [0.25, 0.3) is 0 Å². The van der Waals surface area contributed by atoms with E-state index in [1.807, 2.05) is 12.1 Å². The number of hydrogen-bond acceptors (Lipinski definition) is 5. The van der Waals surface area contributed by atoms with E-state index in [2.05, 4.69) is 66.2 Å². The number of fused-ring (bicyclic) bond motifs is 2. The molecule has 2 heterocycles. The first-order chi connectivity index (χ1) is 15.5. The minimum absolute atomic E-state index is 0.00945. The van der Waals surface area contributed by atoms with Gasteiger partial charge in [-0.25, -0.2) is 0 Å². The number of carbonyl (C=O) groups is 1. The molecule has 2 aromatic rings. The van der Waals surface area contributed by atoms with E-state index in [0.29, 0.717) is 18.0 Å². The molecule has 2 aromatic carbocycles. The van der Waals surface area contributed by atoms with Crippen molar-refractivity contribution in [3.05, 3.63) is 48.0 Å². The Morgan fingerprint density at radius 2 is 1.94 bits per heavy atom. The molecule has 2 aliphatic rings. The van der Waals surface area contributed by atoms with Crippen molar-refractivity contribution in [3.63, 3.8) is 0 Å². The lowest BCUT2D eigenvalue weighted by Crippen LogP contribution is -2.44. The number of amides is 1. The number of carbonyl (C=O) groups excluding carboxylic acids is 1. The van der Waals surface area contributed by atoms with Crippen LogP contribution in [0.3, 0.4) is 0 Å². The molecular weight excluding hydrogens is 418 g/mol. The average molecular weight is 454 g/mol. The van der Waals surface area contributed by atoms with Crippen molar-refractivity contribution in [1.29, 1.82) is 0 Å². The summed E-state index contributed by atoms with van der Waals surface area (Å²) in [7, 11) is 0. The predicted octanol–water partition coefficient (Wildman–Crippen LogP) is 4.91. The van der Waals surface area contributed by atoms with Crippen molar-refractivity contribution in [2.24, 2.45) is 5.92 Å². The van der Waals surface area contributed by atoms with Crippen LogP contribution < -0.4 is 10.2 Å². The number of anilines is 2. The highest BCUT2D eigenvalue weighted by Gasteiger charge is 2.31. The molecule has 5 nitrogen and oxygen atoms in total. The van der Waals surface area contributed by atoms with E-state index < -0.39 is 0 Å². The Morgan fingerprint density at radius 1 is 1.16 bits per heavy atom. The molecule has 4 rings (SSSR count). The van der Waals surface area contributed by atoms with Crippen LogP contribution in [0.1, 0.15) is 50.4 Å². The summed E-state index contributed by atoms with van der Waals surface area (Å²) in [4.78, 5) is 20.0. The van der Waals surface area contributed by atoms with Gasteiger partial charge in [0.25, 0.3) is 5.91 Å². The highest BCUT2D eigenvalue weighted by atomic mass is 32.2. The third-order valence-corrected chi connectivity index (χ3v) is 7.61. The second-order valence-electron chi connectivity index (χ2n) is 9.38. The molecule has 0 saturated carbocycles. The Kier molecular flexibility index (Phi) is 7.44. The number of hydrogen-bond donors (Lipinski definition) is 2. The molecule has 0 spiro atoms. The van der Waals surface area contributed by atoms with E-state index in [0.717, 1.165) is 38.0 Å². The summed E-state index contributed by atoms with van der Waals surface area (Å²) in [6.45, 7) is 9.42. The van der Waals surface area contributed by atoms with Crippen molar-refractivity contribution in [2.75, 3.05) is 31.1 Å². The summed E-state index contributed by atoms with van der Waals surface area (Å²) >= 11 is 1.77. The highest BCUT2D eigenvalue weighted by Crippen LogP contribution is 2.49. The van der Waals surface area contributed by atoms with E-state index in [1.54, 1.807) is 11.8 Å². The zero-order valence-electron chi connectivity index (χ0n) is 19.4. The first kappa shape index (κ1) is 23.1. The molecule has 1 fully saturated rings. The summed E-state index contributed by atoms with van der Waals surface area (Å²) in [5, 5.41) is 12.8. The lowest BCUT2D eigenvalue weighted by Gasteiger charge is -2.39. The number of para-hydroxylation sites is 1. The Hall–Kier alpha value is -2.02. The van der Waals surface area contributed by atoms with Gasteiger partial charge in [0.2, 0.25) is 0 Å². The molecular formula is C26H35N3O2S. The van der Waals surface area contributed by atoms with Gasteiger partial charge in [-0.2, -0.15) is 0 Å². The maximum Gasteiger partial charge on any atom is 0.251 e. The topological polar surface area (TPSA) is 55.8 Å². The Morgan fingerprint density at radius 3 is 2.72 bits per heavy atom. The predicted molar refractivity (Wildman–Crippen MR) is 132 cm³/mol. The van der Waals surface area contributed by atoms with Gasteiger partial charge in [0.15, 0.2) is 0 Å². The van der Waals surface area contributed by atoms with Crippen LogP contribution in [-0.4, -0.2) is 54.2 Å². The van der Waals surface area contributed by atoms with Gasteiger partial charge in [0, 0.05) is 40.5 Å². The first-order valence-corrected chi connectivity index (χ1v) is 12.6. The van der Waals surface area contributed by atoms with Gasteiger partial charge < -0.3 is 15.3 Å². The van der Waals surface area contributed by atoms with Crippen LogP contribution >= 0.6 is 11.8 Å². The SMILES string of the molecule is CC(C)CCNC(=O)c1ccc2c(c1)N(C(C)CN1CCC[C@@H]1CO)c1ccccc1S2. The second-order valence-corrected chi connectivity index (χ2v) is 10.5. The number of nitrogens with one attached hydrogen (secondary N) is 1. The van der Waals surface area contributed by atoms with Gasteiger partial charge in [0.05, 0.1) is 18.0 Å². The summed E-state index contributed by atoms with van der Waals surface area (Å²) < 4.78 is 0. The van der Waals surface area contributed by atoms with Crippen LogP contribution in [0.5, 0.6) is 0 Å². The number of rotatable bonds is 8. The minimum atomic E-state index is -0.00945. The number of benzene rings is 2. The minimum Gasteiger partial charge on any atom is -0.395 e. The van der Waals surface area contributed by atoms with Gasteiger partial charge in [-0.05, 0) is 69.0 Å². The molecule has 0 radical (unpaired) electrons. The second kappa shape index (κ2) is 10.3. The number of likely N-dealkylation sites (tertiary alicyclic amines) is 1. The average Bonchev–Trinajstić information content (AvgIpc) is 3.23. The van der Waals surface area contributed by atoms with Crippen LogP contribution in [-0.2, 0) is 0 Å². The van der Waals surface area contributed by atoms with Crippen LogP contribution in [0.15, 0.2) is 52.3 Å². The van der Waals surface area contributed by atoms with Crippen LogP contribution in [0.4, 0.5) is 11.4 Å². The Bertz CT molecular complexity index is 948. The molecule has 0 aromatic heterocycles. The zero-order chi connectivity index (χ0) is 22.7. The number of aliphatic hydroxyl groups excluding tert-OH is 1. The van der Waals surface area contributed by atoms with Gasteiger partial charge in [0.1, 0.15) is 0 Å². The monoisotopic (exact) mass is 453 g/mol. The van der Waals surface area contributed by atoms with Gasteiger partial charge in [-0.1, -0.05) is 37.7 Å². The fourth-order valence-electron chi connectivity index (χ4n) is 4.74. The van der Waals surface area contributed by atoms with Crippen molar-refractivity contribution in [3.8, 4) is 0 Å². The maximum absolute atomic E-state index is 12.8. The maximum atomic E-state index is 12.8. The smallest absolute Gasteiger partial charge is 0.251 e. The van der Waals surface area contributed by atoms with Crippen LogP contribution in [0.2, 0.25) is 0 Å². The third kappa shape index (κ3) is 4.98. The van der Waals surface area contributed by atoms with E-state index in [4.69, 9.17) is 0 Å². The molecule has 2 atom stereocenters. The van der Waals surface area contributed by atoms with Gasteiger partial charge >= 0.3 is 0 Å². The molecule has 6 heteroatoms. The standard InChI is InChI=1S/C26H35N3O2S/c1-18(2)12-13-27-26(31)20-10-11-25-23(15-20)29(22-8-4-5-9-24(22)32-25)19(3)16-28-14-6-7-21(28)17-30/h4-5,8-11,15,18-19,21,30H,6-7,12-14,16-17H2,1-3H3,(H,27,31)/t19?,21-/m1/s1. The van der Waals surface area contributed by atoms with Gasteiger partial charge in [-0.15, -0.1) is 0 Å². The summed E-state index contributed by atoms with van der Waals surface area (Å²) in [5.41, 5.74) is 2.99. The van der Waals surface area contributed by atoms with Crippen LogP contribution in [0, 0.1) is 5.92 Å². The Labute approximate surface area is 196 Å². The fourth-order valence-corrected chi connectivity index (χ4v) is 5.79. The molecule has 0 aliphatic carbocycles. The van der Waals surface area contributed by atoms with E-state index in [1.165, 1.54) is 15.5 Å². The molecule has 1 unspecified atom stereocenters. The molecule has 2 N–H and O–H groups in total. The van der Waals surface area contributed by atoms with Gasteiger partial charge in [-0.3, -0.25) is 9.69 Å². The largest absolute Gasteiger partial charge is 0.395 e. The number of nitrogens with zero attached hydrogens (tertiary/aromatic N) is 2. The molecule has 32 heavy (non-hydrogen) atoms. The normalized spacial score (nSPS) is 19.0. The summed E-state index contributed by atoms with van der Waals surface area (Å²) in [6.07, 6.45) is 3.18. The lowest BCUT2D eigenvalue weighted by molar-refractivity contribution is 0.0952. The lowest BCUT2D eigenvalue weighted by atomic mass is 10.1. The quantitative estimate of drug-likeness (QED) is 0.595. The molecule has 2 aliphatic heterocycles. The molecule has 0 bridgehead atoms. The summed E-state index contributed by atoms with van der Waals surface area (Å²) in [6, 6.07) is 15.0. The van der Waals surface area contributed by atoms with E-state index in [-0.39, 0.29) is 24.6 Å². The molecule has 1 saturated heterocycles. The highest BCUT2D eigenvalue weighted by molar-refractivity contribution is 7.99. The fraction of sp³-hybridized carbons (Fsp3) is 0.500. The first-order valence-electron chi connectivity index (χ1n) is 11.8. The molecule has 172 valence electrons. The zero-order valence-corrected chi connectivity index (χ0v) is 20.2. The van der Waals surface area contributed by atoms with E-state index >= 15 is 0 Å². The molecule has 1 amide bonds. The Balaban J connectivity index is 1.62. The third-order valence-electron chi connectivity index (χ3n) is 6.48.